The summed E-state index contributed by atoms with van der Waals surface area (Å²) in [5.41, 5.74) is 0.447. The fourth-order valence-electron chi connectivity index (χ4n) is 2.48. The van der Waals surface area contributed by atoms with Crippen LogP contribution in [0, 0.1) is 0 Å². The monoisotopic (exact) mass is 309 g/mol. The zero-order chi connectivity index (χ0) is 15.1. The van der Waals surface area contributed by atoms with Crippen molar-refractivity contribution in [1.29, 1.82) is 0 Å². The van der Waals surface area contributed by atoms with Gasteiger partial charge in [0.25, 0.3) is 5.91 Å². The Hall–Kier alpha value is -1.62. The molecule has 21 heavy (non-hydrogen) atoms. The molecule has 0 bridgehead atoms. The predicted molar refractivity (Wildman–Crippen MR) is 81.2 cm³/mol. The standard InChI is InChI=1S/C15H20ClN3O2/c16-13-10-11(6-8-17-13)15(21)18-9-7-14(20)19-12-4-2-1-3-5-12/h6,8,10,12H,1-5,7,9H2,(H,18,21)(H,19,20). The van der Waals surface area contributed by atoms with Crippen LogP contribution in [0.1, 0.15) is 48.9 Å². The van der Waals surface area contributed by atoms with Crippen LogP contribution < -0.4 is 10.6 Å². The quantitative estimate of drug-likeness (QED) is 0.820. The van der Waals surface area contributed by atoms with E-state index < -0.39 is 0 Å². The lowest BCUT2D eigenvalue weighted by atomic mass is 9.95. The first-order valence-electron chi connectivity index (χ1n) is 7.34. The summed E-state index contributed by atoms with van der Waals surface area (Å²) in [6.07, 6.45) is 7.53. The molecule has 2 amide bonds. The van der Waals surface area contributed by atoms with E-state index in [1.165, 1.54) is 31.5 Å². The summed E-state index contributed by atoms with van der Waals surface area (Å²) in [5, 5.41) is 6.00. The average Bonchev–Trinajstić information content (AvgIpc) is 2.48. The summed E-state index contributed by atoms with van der Waals surface area (Å²) in [4.78, 5) is 27.4. The molecule has 0 spiro atoms. The molecule has 1 heterocycles. The molecular weight excluding hydrogens is 290 g/mol. The van der Waals surface area contributed by atoms with Gasteiger partial charge >= 0.3 is 0 Å². The molecule has 0 radical (unpaired) electrons. The maximum Gasteiger partial charge on any atom is 0.251 e. The first-order valence-corrected chi connectivity index (χ1v) is 7.72. The van der Waals surface area contributed by atoms with Gasteiger partial charge in [0, 0.05) is 30.8 Å². The van der Waals surface area contributed by atoms with E-state index in [0.29, 0.717) is 24.6 Å². The summed E-state index contributed by atoms with van der Waals surface area (Å²) in [5.74, 6) is -0.250. The van der Waals surface area contributed by atoms with Crippen molar-refractivity contribution in [2.75, 3.05) is 6.54 Å². The van der Waals surface area contributed by atoms with Crippen molar-refractivity contribution in [3.63, 3.8) is 0 Å². The third-order valence-electron chi connectivity index (χ3n) is 3.60. The Labute approximate surface area is 129 Å². The van der Waals surface area contributed by atoms with E-state index in [-0.39, 0.29) is 17.0 Å². The number of amides is 2. The van der Waals surface area contributed by atoms with E-state index in [1.54, 1.807) is 6.07 Å². The highest BCUT2D eigenvalue weighted by molar-refractivity contribution is 6.29. The number of nitrogens with zero attached hydrogens (tertiary/aromatic N) is 1. The van der Waals surface area contributed by atoms with Crippen LogP contribution in [-0.2, 0) is 4.79 Å². The topological polar surface area (TPSA) is 71.1 Å². The van der Waals surface area contributed by atoms with E-state index in [4.69, 9.17) is 11.6 Å². The Kier molecular flexibility index (Phi) is 5.99. The molecule has 1 aliphatic rings. The summed E-state index contributed by atoms with van der Waals surface area (Å²) < 4.78 is 0. The number of carbonyl (C=O) groups excluding carboxylic acids is 2. The van der Waals surface area contributed by atoms with E-state index in [0.717, 1.165) is 12.8 Å². The maximum atomic E-state index is 11.8. The number of carbonyl (C=O) groups is 2. The second kappa shape index (κ2) is 7.98. The summed E-state index contributed by atoms with van der Waals surface area (Å²) >= 11 is 5.73. The molecule has 2 N–H and O–H groups in total. The zero-order valence-corrected chi connectivity index (χ0v) is 12.7. The maximum absolute atomic E-state index is 11.8. The van der Waals surface area contributed by atoms with Crippen LogP contribution in [0.2, 0.25) is 5.15 Å². The van der Waals surface area contributed by atoms with Crippen LogP contribution in [0.5, 0.6) is 0 Å². The molecule has 0 saturated heterocycles. The predicted octanol–water partition coefficient (Wildman–Crippen LogP) is 2.30. The second-order valence-electron chi connectivity index (χ2n) is 5.28. The van der Waals surface area contributed by atoms with Gasteiger partial charge in [-0.15, -0.1) is 0 Å². The minimum absolute atomic E-state index is 0.00467. The second-order valence-corrected chi connectivity index (χ2v) is 5.66. The fraction of sp³-hybridized carbons (Fsp3) is 0.533. The van der Waals surface area contributed by atoms with Gasteiger partial charge in [-0.1, -0.05) is 30.9 Å². The molecule has 5 nitrogen and oxygen atoms in total. The van der Waals surface area contributed by atoms with Crippen molar-refractivity contribution >= 4 is 23.4 Å². The molecular formula is C15H20ClN3O2. The molecule has 114 valence electrons. The van der Waals surface area contributed by atoms with Gasteiger partial charge in [0.05, 0.1) is 0 Å². The van der Waals surface area contributed by atoms with Crippen LogP contribution in [0.25, 0.3) is 0 Å². The van der Waals surface area contributed by atoms with Crippen LogP contribution in [0.15, 0.2) is 18.3 Å². The molecule has 1 aromatic heterocycles. The Balaban J connectivity index is 1.68. The van der Waals surface area contributed by atoms with E-state index in [1.807, 2.05) is 0 Å². The molecule has 1 aromatic rings. The van der Waals surface area contributed by atoms with Gasteiger partial charge in [-0.3, -0.25) is 9.59 Å². The minimum Gasteiger partial charge on any atom is -0.353 e. The Morgan fingerprint density at radius 3 is 2.76 bits per heavy atom. The van der Waals surface area contributed by atoms with E-state index >= 15 is 0 Å². The highest BCUT2D eigenvalue weighted by atomic mass is 35.5. The third kappa shape index (κ3) is 5.34. The highest BCUT2D eigenvalue weighted by Gasteiger charge is 2.15. The minimum atomic E-state index is -0.246. The van der Waals surface area contributed by atoms with Gasteiger partial charge in [0.1, 0.15) is 5.15 Å². The first kappa shape index (κ1) is 15.8. The molecule has 6 heteroatoms. The van der Waals surface area contributed by atoms with Crippen molar-refractivity contribution in [3.8, 4) is 0 Å². The molecule has 1 fully saturated rings. The normalized spacial score (nSPS) is 15.5. The SMILES string of the molecule is O=C(CCNC(=O)c1ccnc(Cl)c1)NC1CCCCC1. The van der Waals surface area contributed by atoms with Crippen molar-refractivity contribution in [3.05, 3.63) is 29.0 Å². The van der Waals surface area contributed by atoms with Crippen molar-refractivity contribution < 1.29 is 9.59 Å². The van der Waals surface area contributed by atoms with Gasteiger partial charge in [0.2, 0.25) is 5.91 Å². The molecule has 1 aliphatic carbocycles. The molecule has 0 aliphatic heterocycles. The lowest BCUT2D eigenvalue weighted by Crippen LogP contribution is -2.38. The van der Waals surface area contributed by atoms with Crippen LogP contribution in [0.4, 0.5) is 0 Å². The smallest absolute Gasteiger partial charge is 0.251 e. The summed E-state index contributed by atoms with van der Waals surface area (Å²) in [6, 6.07) is 3.39. The lowest BCUT2D eigenvalue weighted by Gasteiger charge is -2.22. The highest BCUT2D eigenvalue weighted by Crippen LogP contribution is 2.17. The Bertz CT molecular complexity index is 501. The molecule has 1 saturated carbocycles. The van der Waals surface area contributed by atoms with Gasteiger partial charge in [0.15, 0.2) is 0 Å². The summed E-state index contributed by atoms with van der Waals surface area (Å²) in [7, 11) is 0. The molecule has 2 rings (SSSR count). The number of halogens is 1. The zero-order valence-electron chi connectivity index (χ0n) is 11.9. The van der Waals surface area contributed by atoms with Crippen molar-refractivity contribution in [2.24, 2.45) is 0 Å². The lowest BCUT2D eigenvalue weighted by molar-refractivity contribution is -0.121. The van der Waals surface area contributed by atoms with E-state index in [2.05, 4.69) is 15.6 Å². The number of rotatable bonds is 5. The van der Waals surface area contributed by atoms with Crippen LogP contribution in [0.3, 0.4) is 0 Å². The number of aromatic nitrogens is 1. The fourth-order valence-corrected chi connectivity index (χ4v) is 2.66. The first-order chi connectivity index (χ1) is 10.1. The van der Waals surface area contributed by atoms with Crippen LogP contribution >= 0.6 is 11.6 Å². The van der Waals surface area contributed by atoms with Gasteiger partial charge < -0.3 is 10.6 Å². The Morgan fingerprint density at radius 1 is 1.29 bits per heavy atom. The number of pyridine rings is 1. The number of nitrogens with one attached hydrogen (secondary N) is 2. The molecule has 0 atom stereocenters. The van der Waals surface area contributed by atoms with E-state index in [9.17, 15) is 9.59 Å². The third-order valence-corrected chi connectivity index (χ3v) is 3.80. The average molecular weight is 310 g/mol. The van der Waals surface area contributed by atoms with Gasteiger partial charge in [-0.2, -0.15) is 0 Å². The number of hydrogen-bond donors (Lipinski definition) is 2. The molecule has 0 aromatic carbocycles. The summed E-state index contributed by atoms with van der Waals surface area (Å²) in [6.45, 7) is 0.317. The largest absolute Gasteiger partial charge is 0.353 e. The van der Waals surface area contributed by atoms with Crippen molar-refractivity contribution in [2.45, 2.75) is 44.6 Å². The van der Waals surface area contributed by atoms with Gasteiger partial charge in [-0.05, 0) is 25.0 Å². The van der Waals surface area contributed by atoms with Gasteiger partial charge in [-0.25, -0.2) is 4.98 Å². The van der Waals surface area contributed by atoms with Crippen molar-refractivity contribution in [1.82, 2.24) is 15.6 Å². The van der Waals surface area contributed by atoms with Crippen LogP contribution in [-0.4, -0.2) is 29.4 Å². The number of hydrogen-bond acceptors (Lipinski definition) is 3. The Morgan fingerprint density at radius 2 is 2.05 bits per heavy atom. The molecule has 0 unspecified atom stereocenters.